The van der Waals surface area contributed by atoms with Crippen LogP contribution in [0.15, 0.2) is 48.5 Å². The van der Waals surface area contributed by atoms with Crippen LogP contribution in [0.3, 0.4) is 0 Å². The molecule has 2 aromatic rings. The Morgan fingerprint density at radius 2 is 1.67 bits per heavy atom. The summed E-state index contributed by atoms with van der Waals surface area (Å²) in [5.41, 5.74) is 4.00. The number of nitrogens with zero attached hydrogens (tertiary/aromatic N) is 1. The van der Waals surface area contributed by atoms with Crippen molar-refractivity contribution in [2.24, 2.45) is 0 Å². The summed E-state index contributed by atoms with van der Waals surface area (Å²) in [7, 11) is 4.19. The Morgan fingerprint density at radius 3 is 2.33 bits per heavy atom. The highest BCUT2D eigenvalue weighted by Crippen LogP contribution is 2.18. The lowest BCUT2D eigenvalue weighted by molar-refractivity contribution is 0.401. The van der Waals surface area contributed by atoms with Crippen LogP contribution in [0.25, 0.3) is 0 Å². The van der Waals surface area contributed by atoms with Crippen molar-refractivity contribution in [1.29, 1.82) is 0 Å². The van der Waals surface area contributed by atoms with Gasteiger partial charge < -0.3 is 4.90 Å². The van der Waals surface area contributed by atoms with E-state index in [2.05, 4.69) is 49.3 Å². The van der Waals surface area contributed by atoms with Gasteiger partial charge in [-0.25, -0.2) is 0 Å². The zero-order valence-corrected chi connectivity index (χ0v) is 11.6. The minimum absolute atomic E-state index is 0.803. The summed E-state index contributed by atoms with van der Waals surface area (Å²) < 4.78 is 0. The fraction of sp³-hybridized carbons (Fsp3) is 0.250. The fourth-order valence-electron chi connectivity index (χ4n) is 2.09. The minimum atomic E-state index is 0.803. The molecule has 0 atom stereocenters. The van der Waals surface area contributed by atoms with Crippen molar-refractivity contribution in [2.45, 2.75) is 13.0 Å². The van der Waals surface area contributed by atoms with E-state index in [1.165, 1.54) is 16.7 Å². The first-order chi connectivity index (χ1) is 8.65. The molecular weight excluding hydrogens is 242 g/mol. The fourth-order valence-corrected chi connectivity index (χ4v) is 2.30. The molecular formula is C16H18ClN. The van der Waals surface area contributed by atoms with Crippen LogP contribution in [0, 0.1) is 0 Å². The molecule has 0 aliphatic carbocycles. The lowest BCUT2D eigenvalue weighted by atomic mass is 9.99. The summed E-state index contributed by atoms with van der Waals surface area (Å²) >= 11 is 6.03. The van der Waals surface area contributed by atoms with Crippen molar-refractivity contribution >= 4 is 11.6 Å². The Hall–Kier alpha value is -1.31. The van der Waals surface area contributed by atoms with E-state index < -0.39 is 0 Å². The summed E-state index contributed by atoms with van der Waals surface area (Å²) in [6, 6.07) is 16.7. The summed E-state index contributed by atoms with van der Waals surface area (Å²) in [5.74, 6) is 0. The van der Waals surface area contributed by atoms with E-state index in [0.717, 1.165) is 18.0 Å². The third-order valence-electron chi connectivity index (χ3n) is 2.89. The van der Waals surface area contributed by atoms with E-state index in [9.17, 15) is 0 Å². The molecule has 0 aliphatic rings. The van der Waals surface area contributed by atoms with Crippen LogP contribution in [-0.4, -0.2) is 19.0 Å². The molecule has 0 N–H and O–H groups in total. The van der Waals surface area contributed by atoms with Crippen molar-refractivity contribution in [1.82, 2.24) is 4.90 Å². The average molecular weight is 260 g/mol. The lowest BCUT2D eigenvalue weighted by Crippen LogP contribution is -2.12. The highest BCUT2D eigenvalue weighted by molar-refractivity contribution is 6.30. The van der Waals surface area contributed by atoms with Crippen LogP contribution < -0.4 is 0 Å². The van der Waals surface area contributed by atoms with Gasteiger partial charge in [-0.15, -0.1) is 0 Å². The van der Waals surface area contributed by atoms with Gasteiger partial charge in [-0.05, 0) is 49.3 Å². The molecule has 0 radical (unpaired) electrons. The van der Waals surface area contributed by atoms with Crippen LogP contribution in [0.1, 0.15) is 16.7 Å². The zero-order chi connectivity index (χ0) is 13.0. The Kier molecular flexibility index (Phi) is 4.40. The molecule has 0 aromatic heterocycles. The molecule has 18 heavy (non-hydrogen) atoms. The van der Waals surface area contributed by atoms with Crippen LogP contribution in [0.5, 0.6) is 0 Å². The monoisotopic (exact) mass is 259 g/mol. The van der Waals surface area contributed by atoms with E-state index in [1.54, 1.807) is 0 Å². The number of hydrogen-bond acceptors (Lipinski definition) is 1. The van der Waals surface area contributed by atoms with Gasteiger partial charge in [0.05, 0.1) is 0 Å². The lowest BCUT2D eigenvalue weighted by Gasteiger charge is -2.14. The normalized spacial score (nSPS) is 10.9. The summed E-state index contributed by atoms with van der Waals surface area (Å²) in [6.07, 6.45) is 0.935. The molecule has 94 valence electrons. The second kappa shape index (κ2) is 6.03. The van der Waals surface area contributed by atoms with Crippen LogP contribution in [0.4, 0.5) is 0 Å². The predicted molar refractivity (Wildman–Crippen MR) is 78.1 cm³/mol. The average Bonchev–Trinajstić information content (AvgIpc) is 2.31. The van der Waals surface area contributed by atoms with E-state index in [-0.39, 0.29) is 0 Å². The maximum atomic E-state index is 6.03. The third-order valence-corrected chi connectivity index (χ3v) is 3.12. The molecule has 1 nitrogen and oxygen atoms in total. The summed E-state index contributed by atoms with van der Waals surface area (Å²) in [5, 5.41) is 0.803. The van der Waals surface area contributed by atoms with E-state index >= 15 is 0 Å². The highest BCUT2D eigenvalue weighted by atomic mass is 35.5. The van der Waals surface area contributed by atoms with Gasteiger partial charge in [0.25, 0.3) is 0 Å². The molecule has 2 aromatic carbocycles. The van der Waals surface area contributed by atoms with E-state index in [0.29, 0.717) is 0 Å². The van der Waals surface area contributed by atoms with Crippen LogP contribution >= 0.6 is 11.6 Å². The van der Waals surface area contributed by atoms with Gasteiger partial charge in [0.2, 0.25) is 0 Å². The largest absolute Gasteiger partial charge is 0.305 e. The Balaban J connectivity index is 2.23. The van der Waals surface area contributed by atoms with Gasteiger partial charge in [-0.3, -0.25) is 0 Å². The van der Waals surface area contributed by atoms with Crippen LogP contribution in [0.2, 0.25) is 5.02 Å². The Morgan fingerprint density at radius 1 is 0.944 bits per heavy atom. The number of benzene rings is 2. The summed E-state index contributed by atoms with van der Waals surface area (Å²) in [6.45, 7) is 0.969. The van der Waals surface area contributed by atoms with Crippen molar-refractivity contribution < 1.29 is 0 Å². The molecule has 0 saturated heterocycles. The second-order valence-corrected chi connectivity index (χ2v) is 5.25. The second-order valence-electron chi connectivity index (χ2n) is 4.81. The topological polar surface area (TPSA) is 3.24 Å². The van der Waals surface area contributed by atoms with Gasteiger partial charge in [0.15, 0.2) is 0 Å². The van der Waals surface area contributed by atoms with E-state index in [1.807, 2.05) is 18.2 Å². The van der Waals surface area contributed by atoms with Gasteiger partial charge in [0.1, 0.15) is 0 Å². The molecule has 0 aliphatic heterocycles. The number of halogens is 1. The van der Waals surface area contributed by atoms with E-state index in [4.69, 9.17) is 11.6 Å². The van der Waals surface area contributed by atoms with Crippen molar-refractivity contribution in [3.63, 3.8) is 0 Å². The molecule has 0 fully saturated rings. The van der Waals surface area contributed by atoms with Gasteiger partial charge in [-0.2, -0.15) is 0 Å². The molecule has 0 saturated carbocycles. The maximum Gasteiger partial charge on any atom is 0.0408 e. The summed E-state index contributed by atoms with van der Waals surface area (Å²) in [4.78, 5) is 2.19. The molecule has 2 rings (SSSR count). The quantitative estimate of drug-likeness (QED) is 0.803. The first-order valence-corrected chi connectivity index (χ1v) is 6.49. The maximum absolute atomic E-state index is 6.03. The zero-order valence-electron chi connectivity index (χ0n) is 10.9. The molecule has 0 amide bonds. The molecule has 2 heteroatoms. The first-order valence-electron chi connectivity index (χ1n) is 6.11. The number of hydrogen-bond donors (Lipinski definition) is 0. The Bertz CT molecular complexity index is 520. The first kappa shape index (κ1) is 13.1. The Labute approximate surface area is 114 Å². The predicted octanol–water partition coefficient (Wildman–Crippen LogP) is 3.99. The SMILES string of the molecule is CN(C)Cc1ccccc1Cc1cccc(Cl)c1. The van der Waals surface area contributed by atoms with Gasteiger partial charge in [0, 0.05) is 11.6 Å². The van der Waals surface area contributed by atoms with Crippen molar-refractivity contribution in [3.05, 3.63) is 70.2 Å². The molecule has 0 unspecified atom stereocenters. The minimum Gasteiger partial charge on any atom is -0.305 e. The third kappa shape index (κ3) is 3.59. The van der Waals surface area contributed by atoms with Gasteiger partial charge >= 0.3 is 0 Å². The highest BCUT2D eigenvalue weighted by Gasteiger charge is 2.04. The molecule has 0 heterocycles. The standard InChI is InChI=1S/C16H18ClN/c1-18(2)12-15-8-4-3-7-14(15)10-13-6-5-9-16(17)11-13/h3-9,11H,10,12H2,1-2H3. The van der Waals surface area contributed by atoms with Crippen molar-refractivity contribution in [2.75, 3.05) is 14.1 Å². The van der Waals surface area contributed by atoms with Gasteiger partial charge in [-0.1, -0.05) is 48.0 Å². The molecule has 0 spiro atoms. The number of rotatable bonds is 4. The molecule has 0 bridgehead atoms. The van der Waals surface area contributed by atoms with Crippen LogP contribution in [-0.2, 0) is 13.0 Å². The van der Waals surface area contributed by atoms with Crippen molar-refractivity contribution in [3.8, 4) is 0 Å². The smallest absolute Gasteiger partial charge is 0.0408 e.